The molecular formula is C25H24ClFN6O3. The highest BCUT2D eigenvalue weighted by atomic mass is 35.5. The lowest BCUT2D eigenvalue weighted by Gasteiger charge is -2.62. The van der Waals surface area contributed by atoms with Crippen LogP contribution in [0.5, 0.6) is 5.75 Å². The van der Waals surface area contributed by atoms with Crippen LogP contribution in [0.4, 0.5) is 21.7 Å². The number of hydrogen-bond donors (Lipinski definition) is 1. The van der Waals surface area contributed by atoms with Crippen molar-refractivity contribution in [3.63, 3.8) is 0 Å². The van der Waals surface area contributed by atoms with E-state index in [-0.39, 0.29) is 27.9 Å². The van der Waals surface area contributed by atoms with Gasteiger partial charge < -0.3 is 24.6 Å². The largest absolute Gasteiger partial charge is 0.491 e. The minimum absolute atomic E-state index is 0.0404. The Kier molecular flexibility index (Phi) is 5.65. The highest BCUT2D eigenvalue weighted by molar-refractivity contribution is 6.32. The average molecular weight is 511 g/mol. The molecule has 1 amide bonds. The molecule has 3 aliphatic rings. The molecule has 1 N–H and O–H groups in total. The monoisotopic (exact) mass is 510 g/mol. The molecule has 0 unspecified atom stereocenters. The molecule has 6 rings (SSSR count). The molecular weight excluding hydrogens is 487 g/mol. The lowest BCUT2D eigenvalue weighted by atomic mass is 9.77. The highest BCUT2D eigenvalue weighted by Gasteiger charge is 2.55. The Balaban J connectivity index is 1.21. The number of likely N-dealkylation sites (tertiary alicyclic amines) is 1. The number of benzene rings is 1. The first-order valence-corrected chi connectivity index (χ1v) is 12.1. The number of anilines is 3. The molecule has 0 aliphatic carbocycles. The molecule has 186 valence electrons. The lowest BCUT2D eigenvalue weighted by Crippen LogP contribution is -2.78. The maximum Gasteiger partial charge on any atom is 0.246 e. The number of ether oxygens (including phenoxy) is 2. The van der Waals surface area contributed by atoms with E-state index in [0.29, 0.717) is 55.7 Å². The fraction of sp³-hybridized carbons (Fsp3) is 0.360. The van der Waals surface area contributed by atoms with Gasteiger partial charge in [-0.1, -0.05) is 18.2 Å². The summed E-state index contributed by atoms with van der Waals surface area (Å²) in [4.78, 5) is 29.4. The number of hydrogen-bond acceptors (Lipinski definition) is 8. The van der Waals surface area contributed by atoms with Crippen LogP contribution in [0.3, 0.4) is 0 Å². The molecule has 11 heteroatoms. The van der Waals surface area contributed by atoms with Crippen LogP contribution in [0.1, 0.15) is 6.42 Å². The number of pyridine rings is 1. The molecule has 36 heavy (non-hydrogen) atoms. The Labute approximate surface area is 211 Å². The van der Waals surface area contributed by atoms with E-state index in [1.807, 2.05) is 17.0 Å². The second kappa shape index (κ2) is 8.86. The normalized spacial score (nSPS) is 18.4. The predicted octanol–water partition coefficient (Wildman–Crippen LogP) is 3.56. The van der Waals surface area contributed by atoms with Crippen molar-refractivity contribution in [3.8, 4) is 5.75 Å². The van der Waals surface area contributed by atoms with Crippen LogP contribution in [0.2, 0.25) is 5.02 Å². The number of nitrogens with zero attached hydrogens (tertiary/aromatic N) is 5. The standard InChI is InChI=1S/C25H24ClFN6O3/c1-2-20(34)33-8-7-25(33)12-32(13-25)19-6-4-17-23(31-19)24(29-14-28-17)30-16-3-5-18(21(26)22(16)27)36-11-15-9-35-10-15/h2-6,14-15H,1,7-13H2,(H,28,29,30). The number of carbonyl (C=O) groups excluding carboxylic acids is 1. The molecule has 1 spiro atoms. The van der Waals surface area contributed by atoms with Crippen molar-refractivity contribution in [2.45, 2.75) is 12.0 Å². The van der Waals surface area contributed by atoms with E-state index in [1.54, 1.807) is 12.1 Å². The summed E-state index contributed by atoms with van der Waals surface area (Å²) < 4.78 is 25.9. The van der Waals surface area contributed by atoms with E-state index >= 15 is 4.39 Å². The van der Waals surface area contributed by atoms with E-state index < -0.39 is 5.82 Å². The van der Waals surface area contributed by atoms with Crippen LogP contribution >= 0.6 is 11.6 Å². The van der Waals surface area contributed by atoms with Gasteiger partial charge >= 0.3 is 0 Å². The summed E-state index contributed by atoms with van der Waals surface area (Å²) in [5.41, 5.74) is 1.13. The third-order valence-electron chi connectivity index (χ3n) is 7.06. The van der Waals surface area contributed by atoms with Crippen molar-refractivity contribution in [3.05, 3.63) is 54.1 Å². The van der Waals surface area contributed by atoms with Crippen molar-refractivity contribution >= 4 is 45.9 Å². The molecule has 3 fully saturated rings. The van der Waals surface area contributed by atoms with Gasteiger partial charge in [-0.3, -0.25) is 4.79 Å². The topological polar surface area (TPSA) is 92.7 Å². The second-order valence-corrected chi connectivity index (χ2v) is 9.74. The van der Waals surface area contributed by atoms with Gasteiger partial charge in [0.15, 0.2) is 11.6 Å². The molecule has 0 bridgehead atoms. The van der Waals surface area contributed by atoms with E-state index in [9.17, 15) is 4.79 Å². The summed E-state index contributed by atoms with van der Waals surface area (Å²) in [5.74, 6) is 1.01. The third-order valence-corrected chi connectivity index (χ3v) is 7.41. The summed E-state index contributed by atoms with van der Waals surface area (Å²) in [7, 11) is 0. The van der Waals surface area contributed by atoms with Crippen molar-refractivity contribution in [2.24, 2.45) is 5.92 Å². The number of carbonyl (C=O) groups is 1. The van der Waals surface area contributed by atoms with Gasteiger partial charge in [0, 0.05) is 25.6 Å². The highest BCUT2D eigenvalue weighted by Crippen LogP contribution is 2.41. The van der Waals surface area contributed by atoms with Gasteiger partial charge in [-0.05, 0) is 36.8 Å². The first kappa shape index (κ1) is 22.9. The first-order chi connectivity index (χ1) is 17.5. The average Bonchev–Trinajstić information content (AvgIpc) is 2.81. The molecule has 1 aromatic carbocycles. The smallest absolute Gasteiger partial charge is 0.246 e. The molecule has 0 atom stereocenters. The van der Waals surface area contributed by atoms with Gasteiger partial charge in [0.2, 0.25) is 5.91 Å². The molecule has 3 aliphatic heterocycles. The number of fused-ring (bicyclic) bond motifs is 1. The van der Waals surface area contributed by atoms with Gasteiger partial charge in [0.1, 0.15) is 28.4 Å². The Morgan fingerprint density at radius 3 is 2.83 bits per heavy atom. The van der Waals surface area contributed by atoms with Gasteiger partial charge in [-0.25, -0.2) is 19.3 Å². The number of rotatable bonds is 7. The van der Waals surface area contributed by atoms with Crippen LogP contribution in [0.25, 0.3) is 11.0 Å². The Morgan fingerprint density at radius 1 is 1.31 bits per heavy atom. The number of halogens is 2. The number of aromatic nitrogens is 3. The maximum absolute atomic E-state index is 15.1. The van der Waals surface area contributed by atoms with Crippen LogP contribution < -0.4 is 15.0 Å². The molecule has 2 aromatic heterocycles. The molecule has 5 heterocycles. The minimum atomic E-state index is -0.636. The van der Waals surface area contributed by atoms with E-state index in [4.69, 9.17) is 26.1 Å². The fourth-order valence-electron chi connectivity index (χ4n) is 4.80. The van der Waals surface area contributed by atoms with Gasteiger partial charge in [-0.15, -0.1) is 0 Å². The lowest BCUT2D eigenvalue weighted by molar-refractivity contribution is -0.144. The zero-order chi connectivity index (χ0) is 24.9. The second-order valence-electron chi connectivity index (χ2n) is 9.36. The Morgan fingerprint density at radius 2 is 2.14 bits per heavy atom. The van der Waals surface area contributed by atoms with Crippen molar-refractivity contribution < 1.29 is 18.7 Å². The maximum atomic E-state index is 15.1. The first-order valence-electron chi connectivity index (χ1n) is 11.7. The summed E-state index contributed by atoms with van der Waals surface area (Å²) in [5, 5.41) is 2.91. The zero-order valence-corrected chi connectivity index (χ0v) is 20.2. The van der Waals surface area contributed by atoms with Crippen LogP contribution in [-0.2, 0) is 9.53 Å². The van der Waals surface area contributed by atoms with Crippen LogP contribution in [0.15, 0.2) is 43.2 Å². The van der Waals surface area contributed by atoms with E-state index in [0.717, 1.165) is 18.8 Å². The summed E-state index contributed by atoms with van der Waals surface area (Å²) in [6.45, 7) is 7.43. The van der Waals surface area contributed by atoms with Crippen LogP contribution in [-0.4, -0.2) is 70.8 Å². The molecule has 0 saturated carbocycles. The van der Waals surface area contributed by atoms with Gasteiger partial charge in [-0.2, -0.15) is 0 Å². The summed E-state index contributed by atoms with van der Waals surface area (Å²) in [6.07, 6.45) is 3.72. The third kappa shape index (κ3) is 3.81. The molecule has 3 aromatic rings. The number of nitrogens with one attached hydrogen (secondary N) is 1. The predicted molar refractivity (Wildman–Crippen MR) is 133 cm³/mol. The summed E-state index contributed by atoms with van der Waals surface area (Å²) in [6, 6.07) is 6.94. The molecule has 0 radical (unpaired) electrons. The SMILES string of the molecule is C=CC(=O)N1CCC12CN(c1ccc3ncnc(Nc4ccc(OCC5COC5)c(Cl)c4F)c3n1)C2. The minimum Gasteiger partial charge on any atom is -0.491 e. The fourth-order valence-corrected chi connectivity index (χ4v) is 5.02. The summed E-state index contributed by atoms with van der Waals surface area (Å²) >= 11 is 6.25. The van der Waals surface area contributed by atoms with E-state index in [1.165, 1.54) is 12.4 Å². The van der Waals surface area contributed by atoms with Crippen molar-refractivity contribution in [1.29, 1.82) is 0 Å². The molecule has 3 saturated heterocycles. The Bertz CT molecular complexity index is 1360. The Hall–Kier alpha value is -3.50. The van der Waals surface area contributed by atoms with Crippen molar-refractivity contribution in [1.82, 2.24) is 19.9 Å². The zero-order valence-electron chi connectivity index (χ0n) is 19.4. The number of amides is 1. The quantitative estimate of drug-likeness (QED) is 0.482. The molecule has 9 nitrogen and oxygen atoms in total. The van der Waals surface area contributed by atoms with Gasteiger partial charge in [0.25, 0.3) is 0 Å². The van der Waals surface area contributed by atoms with E-state index in [2.05, 4.69) is 26.8 Å². The van der Waals surface area contributed by atoms with Gasteiger partial charge in [0.05, 0.1) is 36.6 Å². The van der Waals surface area contributed by atoms with Crippen molar-refractivity contribution in [2.75, 3.05) is 49.7 Å². The van der Waals surface area contributed by atoms with Crippen LogP contribution in [0, 0.1) is 11.7 Å².